The summed E-state index contributed by atoms with van der Waals surface area (Å²) in [7, 11) is 0. The number of nitro groups is 3. The molecule has 0 bridgehead atoms. The number of imidazole rings is 1. The van der Waals surface area contributed by atoms with E-state index in [9.17, 15) is 30.3 Å². The molecule has 2 aromatic carbocycles. The highest BCUT2D eigenvalue weighted by atomic mass is 16.6. The zero-order chi connectivity index (χ0) is 25.2. The second-order valence-electron chi connectivity index (χ2n) is 7.50. The van der Waals surface area contributed by atoms with Crippen molar-refractivity contribution in [3.05, 3.63) is 102 Å². The largest absolute Gasteiger partial charge is 0.497 e. The van der Waals surface area contributed by atoms with Gasteiger partial charge in [0, 0.05) is 18.0 Å². The number of non-ortho nitro benzene ring substituents is 1. The normalized spacial score (nSPS) is 10.4. The molecular weight excluding hydrogens is 446 g/mol. The van der Waals surface area contributed by atoms with Gasteiger partial charge in [-0.1, -0.05) is 12.1 Å². The average molecular weight is 465 g/mol. The molecule has 0 atom stereocenters. The summed E-state index contributed by atoms with van der Waals surface area (Å²) in [6, 6.07) is 11.6. The highest BCUT2D eigenvalue weighted by Crippen LogP contribution is 2.39. The van der Waals surface area contributed by atoms with E-state index < -0.39 is 37.6 Å². The molecular formula is C22H19N5O7. The van der Waals surface area contributed by atoms with Crippen molar-refractivity contribution in [2.24, 2.45) is 0 Å². The number of aromatic nitrogens is 2. The van der Waals surface area contributed by atoms with Gasteiger partial charge < -0.3 is 9.51 Å². The third-order valence-corrected chi connectivity index (χ3v) is 5.08. The topological polar surface area (TPSA) is 167 Å². The summed E-state index contributed by atoms with van der Waals surface area (Å²) in [5.41, 5.74) is 4.07. The van der Waals surface area contributed by atoms with E-state index in [-0.39, 0.29) is 0 Å². The van der Waals surface area contributed by atoms with Crippen molar-refractivity contribution in [2.45, 2.75) is 20.8 Å². The van der Waals surface area contributed by atoms with Crippen molar-refractivity contribution in [3.8, 4) is 17.0 Å². The number of aryl methyl sites for hydroxylation is 3. The van der Waals surface area contributed by atoms with E-state index in [4.69, 9.17) is 5.11 Å². The van der Waals surface area contributed by atoms with Gasteiger partial charge in [0.05, 0.1) is 32.6 Å². The molecule has 0 aliphatic heterocycles. The molecule has 174 valence electrons. The number of hydrogen-bond acceptors (Lipinski definition) is 8. The second-order valence-corrected chi connectivity index (χ2v) is 7.50. The number of phenols is 1. The molecule has 12 nitrogen and oxygen atoms in total. The van der Waals surface area contributed by atoms with Crippen LogP contribution in [0.3, 0.4) is 0 Å². The molecule has 0 amide bonds. The van der Waals surface area contributed by atoms with Crippen molar-refractivity contribution < 1.29 is 19.9 Å². The van der Waals surface area contributed by atoms with Crippen molar-refractivity contribution >= 4 is 22.7 Å². The molecule has 0 spiro atoms. The van der Waals surface area contributed by atoms with Gasteiger partial charge in [-0.25, -0.2) is 4.98 Å². The standard InChI is InChI=1S/C16H16N2.C6H3N3O7/c1-11-6-7-18-10-15(17-16(18)8-11)14-5-4-12(2)13(3)9-14;10-6-4(8(13)14)1-3(7(11)12)2-5(6)9(15)16/h4-10H,1-3H3;1-2,10H. The molecule has 12 heteroatoms. The van der Waals surface area contributed by atoms with Gasteiger partial charge in [0.1, 0.15) is 5.65 Å². The van der Waals surface area contributed by atoms with Crippen LogP contribution in [-0.4, -0.2) is 29.3 Å². The molecule has 0 radical (unpaired) electrons. The maximum Gasteiger partial charge on any atom is 0.324 e. The van der Waals surface area contributed by atoms with E-state index >= 15 is 0 Å². The first kappa shape index (κ1) is 23.8. The maximum absolute atomic E-state index is 10.4. The zero-order valence-electron chi connectivity index (χ0n) is 18.3. The molecule has 34 heavy (non-hydrogen) atoms. The van der Waals surface area contributed by atoms with E-state index in [0.29, 0.717) is 12.1 Å². The first-order valence-corrected chi connectivity index (χ1v) is 9.81. The van der Waals surface area contributed by atoms with Crippen LogP contribution in [0.2, 0.25) is 0 Å². The van der Waals surface area contributed by atoms with E-state index in [1.807, 2.05) is 0 Å². The third kappa shape index (κ3) is 4.96. The number of benzene rings is 2. The van der Waals surface area contributed by atoms with E-state index in [2.05, 4.69) is 72.9 Å². The third-order valence-electron chi connectivity index (χ3n) is 5.08. The molecule has 2 aromatic heterocycles. The second kappa shape index (κ2) is 9.32. The van der Waals surface area contributed by atoms with Crippen LogP contribution in [0.15, 0.2) is 54.9 Å². The maximum atomic E-state index is 10.4. The monoisotopic (exact) mass is 465 g/mol. The number of fused-ring (bicyclic) bond motifs is 1. The van der Waals surface area contributed by atoms with Gasteiger partial charge >= 0.3 is 11.4 Å². The summed E-state index contributed by atoms with van der Waals surface area (Å²) in [5, 5.41) is 40.2. The molecule has 0 unspecified atom stereocenters. The molecule has 4 rings (SSSR count). The lowest BCUT2D eigenvalue weighted by Gasteiger charge is -2.01. The Morgan fingerprint density at radius 3 is 1.97 bits per heavy atom. The summed E-state index contributed by atoms with van der Waals surface area (Å²) in [6.07, 6.45) is 4.14. The summed E-state index contributed by atoms with van der Waals surface area (Å²) >= 11 is 0. The number of phenolic OH excluding ortho intramolecular Hbond substituents is 1. The van der Waals surface area contributed by atoms with Gasteiger partial charge in [-0.05, 0) is 55.7 Å². The predicted molar refractivity (Wildman–Crippen MR) is 123 cm³/mol. The fourth-order valence-corrected chi connectivity index (χ4v) is 3.10. The zero-order valence-corrected chi connectivity index (χ0v) is 18.3. The summed E-state index contributed by atoms with van der Waals surface area (Å²) in [5.74, 6) is -1.21. The number of pyridine rings is 1. The fraction of sp³-hybridized carbons (Fsp3) is 0.136. The highest BCUT2D eigenvalue weighted by Gasteiger charge is 2.30. The summed E-state index contributed by atoms with van der Waals surface area (Å²) in [4.78, 5) is 32.4. The van der Waals surface area contributed by atoms with Gasteiger partial charge in [0.2, 0.25) is 0 Å². The Hall–Kier alpha value is -4.87. The lowest BCUT2D eigenvalue weighted by Crippen LogP contribution is -1.97. The molecule has 1 N–H and O–H groups in total. The molecule has 0 fully saturated rings. The molecule has 0 saturated heterocycles. The molecule has 0 aliphatic rings. The average Bonchev–Trinajstić information content (AvgIpc) is 3.18. The van der Waals surface area contributed by atoms with Crippen LogP contribution in [0.4, 0.5) is 17.1 Å². The quantitative estimate of drug-likeness (QED) is 0.323. The minimum atomic E-state index is -1.21. The summed E-state index contributed by atoms with van der Waals surface area (Å²) in [6.45, 7) is 6.36. The number of hydrogen-bond donors (Lipinski definition) is 1. The van der Waals surface area contributed by atoms with Crippen LogP contribution in [0, 0.1) is 51.1 Å². The number of rotatable bonds is 4. The summed E-state index contributed by atoms with van der Waals surface area (Å²) < 4.78 is 2.07. The first-order chi connectivity index (χ1) is 16.0. The van der Waals surface area contributed by atoms with Gasteiger partial charge in [0.25, 0.3) is 11.4 Å². The Morgan fingerprint density at radius 1 is 0.824 bits per heavy atom. The van der Waals surface area contributed by atoms with E-state index in [0.717, 1.165) is 11.3 Å². The number of nitrogens with zero attached hydrogens (tertiary/aromatic N) is 5. The Bertz CT molecular complexity index is 1410. The Morgan fingerprint density at radius 2 is 1.44 bits per heavy atom. The highest BCUT2D eigenvalue weighted by molar-refractivity contribution is 5.65. The number of aromatic hydroxyl groups is 1. The molecule has 0 aliphatic carbocycles. The Balaban J connectivity index is 0.000000192. The van der Waals surface area contributed by atoms with Crippen molar-refractivity contribution in [1.29, 1.82) is 0 Å². The van der Waals surface area contributed by atoms with Crippen LogP contribution in [0.1, 0.15) is 16.7 Å². The van der Waals surface area contributed by atoms with Gasteiger partial charge in [0.15, 0.2) is 0 Å². The van der Waals surface area contributed by atoms with Crippen LogP contribution in [0.25, 0.3) is 16.9 Å². The Labute approximate surface area is 192 Å². The molecule has 2 heterocycles. The van der Waals surface area contributed by atoms with Crippen LogP contribution in [0.5, 0.6) is 5.75 Å². The first-order valence-electron chi connectivity index (χ1n) is 9.81. The Kier molecular flexibility index (Phi) is 6.52. The van der Waals surface area contributed by atoms with Crippen LogP contribution < -0.4 is 0 Å². The molecule has 0 saturated carbocycles. The van der Waals surface area contributed by atoms with Gasteiger partial charge in [-0.3, -0.25) is 30.3 Å². The minimum absolute atomic E-state index is 0.447. The van der Waals surface area contributed by atoms with Crippen molar-refractivity contribution in [1.82, 2.24) is 9.38 Å². The van der Waals surface area contributed by atoms with Crippen LogP contribution >= 0.6 is 0 Å². The molecule has 4 aromatic rings. The minimum Gasteiger partial charge on any atom is -0.497 e. The lowest BCUT2D eigenvalue weighted by atomic mass is 10.1. The number of nitro benzene ring substituents is 3. The smallest absolute Gasteiger partial charge is 0.324 e. The van der Waals surface area contributed by atoms with E-state index in [1.54, 1.807) is 0 Å². The van der Waals surface area contributed by atoms with Crippen LogP contribution in [-0.2, 0) is 0 Å². The fourth-order valence-electron chi connectivity index (χ4n) is 3.10. The van der Waals surface area contributed by atoms with Gasteiger partial charge in [-0.2, -0.15) is 0 Å². The van der Waals surface area contributed by atoms with E-state index in [1.165, 1.54) is 22.3 Å². The lowest BCUT2D eigenvalue weighted by molar-refractivity contribution is -0.404. The van der Waals surface area contributed by atoms with Gasteiger partial charge in [-0.15, -0.1) is 0 Å². The van der Waals surface area contributed by atoms with Crippen molar-refractivity contribution in [3.63, 3.8) is 0 Å². The predicted octanol–water partition coefficient (Wildman–Crippen LogP) is 5.04. The SMILES string of the molecule is Cc1ccn2cc(-c3ccc(C)c(C)c3)nc2c1.O=[N+]([O-])c1cc([N+](=O)[O-])c(O)c([N+](=O)[O-])c1. The van der Waals surface area contributed by atoms with Crippen molar-refractivity contribution in [2.75, 3.05) is 0 Å².